The van der Waals surface area contributed by atoms with Crippen LogP contribution in [0.5, 0.6) is 0 Å². The maximum atomic E-state index is 5.87. The number of hydrogen-bond acceptors (Lipinski definition) is 3. The number of nitrogen functional groups attached to an aromatic ring is 1. The topological polar surface area (TPSA) is 38.9 Å². The van der Waals surface area contributed by atoms with Crippen LogP contribution in [0.1, 0.15) is 0 Å². The molecule has 2 rings (SSSR count). The largest absolute Gasteiger partial charge is 0.396 e. The molecule has 0 fully saturated rings. The molecule has 62 valence electrons. The van der Waals surface area contributed by atoms with Crippen LogP contribution in [-0.2, 0) is 0 Å². The Hall–Kier alpha value is -0.320. The second-order valence-electron chi connectivity index (χ2n) is 2.28. The summed E-state index contributed by atoms with van der Waals surface area (Å²) in [6.45, 7) is 0. The van der Waals surface area contributed by atoms with Crippen molar-refractivity contribution in [3.63, 3.8) is 0 Å². The van der Waals surface area contributed by atoms with E-state index in [1.165, 1.54) is 11.3 Å². The van der Waals surface area contributed by atoms with Crippen LogP contribution < -0.4 is 5.73 Å². The van der Waals surface area contributed by atoms with E-state index >= 15 is 0 Å². The fourth-order valence-electron chi connectivity index (χ4n) is 0.973. The van der Waals surface area contributed by atoms with E-state index < -0.39 is 0 Å². The van der Waals surface area contributed by atoms with Crippen molar-refractivity contribution in [1.29, 1.82) is 0 Å². The van der Waals surface area contributed by atoms with E-state index in [1.54, 1.807) is 11.6 Å². The second-order valence-corrected chi connectivity index (χ2v) is 4.40. The van der Waals surface area contributed by atoms with Crippen LogP contribution in [0.15, 0.2) is 16.0 Å². The Morgan fingerprint density at radius 1 is 1.58 bits per heavy atom. The summed E-state index contributed by atoms with van der Waals surface area (Å²) in [4.78, 5) is 4.15. The lowest BCUT2D eigenvalue weighted by molar-refractivity contribution is 1.48. The smallest absolute Gasteiger partial charge is 0.0975 e. The zero-order valence-electron chi connectivity index (χ0n) is 5.84. The van der Waals surface area contributed by atoms with Gasteiger partial charge in [0.2, 0.25) is 0 Å². The summed E-state index contributed by atoms with van der Waals surface area (Å²) >= 11 is 10.7. The highest BCUT2D eigenvalue weighted by Crippen LogP contribution is 2.35. The molecule has 0 atom stereocenters. The van der Waals surface area contributed by atoms with Gasteiger partial charge in [-0.2, -0.15) is 0 Å². The third kappa shape index (κ3) is 1.11. The van der Waals surface area contributed by atoms with E-state index in [4.69, 9.17) is 17.3 Å². The summed E-state index contributed by atoms with van der Waals surface area (Å²) in [6, 6.07) is 1.76. The first-order chi connectivity index (χ1) is 5.70. The van der Waals surface area contributed by atoms with Crippen LogP contribution in [0.4, 0.5) is 5.69 Å². The first-order valence-corrected chi connectivity index (χ1v) is 5.22. The molecule has 0 aliphatic rings. The Labute approximate surface area is 86.5 Å². The van der Waals surface area contributed by atoms with E-state index in [2.05, 4.69) is 20.9 Å². The first kappa shape index (κ1) is 8.29. The number of rotatable bonds is 0. The van der Waals surface area contributed by atoms with Gasteiger partial charge in [0.05, 0.1) is 26.4 Å². The lowest BCUT2D eigenvalue weighted by atomic mass is 10.3. The summed E-state index contributed by atoms with van der Waals surface area (Å²) in [6.07, 6.45) is 0. The lowest BCUT2D eigenvalue weighted by Crippen LogP contribution is -1.86. The van der Waals surface area contributed by atoms with Gasteiger partial charge in [-0.05, 0) is 22.0 Å². The standard InChI is InChI=1S/C7H4BrClN2S/c8-3-1-4(9)5(10)7-6(3)11-2-12-7/h1-2H,10H2. The minimum absolute atomic E-state index is 0.568. The molecule has 0 spiro atoms. The van der Waals surface area contributed by atoms with E-state index in [9.17, 15) is 0 Å². The molecule has 2 N–H and O–H groups in total. The van der Waals surface area contributed by atoms with Crippen LogP contribution in [-0.4, -0.2) is 4.98 Å². The van der Waals surface area contributed by atoms with Crippen LogP contribution >= 0.6 is 38.9 Å². The van der Waals surface area contributed by atoms with Gasteiger partial charge in [0.1, 0.15) is 0 Å². The molecule has 0 radical (unpaired) electrons. The van der Waals surface area contributed by atoms with Crippen molar-refractivity contribution in [2.75, 3.05) is 5.73 Å². The molecule has 0 aliphatic carbocycles. The van der Waals surface area contributed by atoms with E-state index in [1.807, 2.05) is 0 Å². The minimum Gasteiger partial charge on any atom is -0.396 e. The molecule has 2 nitrogen and oxygen atoms in total. The van der Waals surface area contributed by atoms with Crippen LogP contribution in [0.2, 0.25) is 5.02 Å². The fourth-order valence-corrected chi connectivity index (χ4v) is 2.80. The number of thiazole rings is 1. The highest BCUT2D eigenvalue weighted by atomic mass is 79.9. The zero-order valence-corrected chi connectivity index (χ0v) is 9.00. The van der Waals surface area contributed by atoms with Crippen molar-refractivity contribution >= 4 is 54.8 Å². The SMILES string of the molecule is Nc1c(Cl)cc(Br)c2ncsc12. The predicted octanol–water partition coefficient (Wildman–Crippen LogP) is 3.29. The summed E-state index contributed by atoms with van der Waals surface area (Å²) < 4.78 is 1.83. The molecule has 0 bridgehead atoms. The molecule has 1 aromatic heterocycles. The number of benzene rings is 1. The van der Waals surface area contributed by atoms with Crippen molar-refractivity contribution in [3.05, 3.63) is 21.1 Å². The molecule has 0 amide bonds. The van der Waals surface area contributed by atoms with Crippen LogP contribution in [0.25, 0.3) is 10.2 Å². The Kier molecular flexibility index (Phi) is 1.98. The molecular formula is C7H4BrClN2S. The van der Waals surface area contributed by atoms with Crippen molar-refractivity contribution < 1.29 is 0 Å². The van der Waals surface area contributed by atoms with Gasteiger partial charge in [-0.3, -0.25) is 0 Å². The lowest BCUT2D eigenvalue weighted by Gasteiger charge is -1.99. The zero-order chi connectivity index (χ0) is 8.72. The Morgan fingerprint density at radius 2 is 2.33 bits per heavy atom. The van der Waals surface area contributed by atoms with E-state index in [-0.39, 0.29) is 0 Å². The normalized spacial score (nSPS) is 10.8. The molecule has 0 unspecified atom stereocenters. The van der Waals surface area contributed by atoms with E-state index in [0.717, 1.165) is 14.7 Å². The van der Waals surface area contributed by atoms with Gasteiger partial charge >= 0.3 is 0 Å². The van der Waals surface area contributed by atoms with Gasteiger partial charge in [0.15, 0.2) is 0 Å². The monoisotopic (exact) mass is 262 g/mol. The summed E-state index contributed by atoms with van der Waals surface area (Å²) in [5, 5.41) is 0.568. The molecule has 12 heavy (non-hydrogen) atoms. The molecule has 0 aliphatic heterocycles. The molecule has 5 heteroatoms. The fraction of sp³-hybridized carbons (Fsp3) is 0. The maximum absolute atomic E-state index is 5.87. The highest BCUT2D eigenvalue weighted by Gasteiger charge is 2.08. The Balaban J connectivity index is 2.97. The summed E-state index contributed by atoms with van der Waals surface area (Å²) in [7, 11) is 0. The molecule has 0 saturated heterocycles. The minimum atomic E-state index is 0.568. The third-order valence-corrected chi connectivity index (χ3v) is 3.33. The first-order valence-electron chi connectivity index (χ1n) is 3.17. The van der Waals surface area contributed by atoms with Crippen LogP contribution in [0, 0.1) is 0 Å². The quantitative estimate of drug-likeness (QED) is 0.741. The molecule has 2 aromatic rings. The number of nitrogens with zero attached hydrogens (tertiary/aromatic N) is 1. The summed E-state index contributed by atoms with van der Waals surface area (Å²) in [5.74, 6) is 0. The highest BCUT2D eigenvalue weighted by molar-refractivity contribution is 9.10. The average molecular weight is 264 g/mol. The summed E-state index contributed by atoms with van der Waals surface area (Å²) in [5.41, 5.74) is 8.99. The van der Waals surface area contributed by atoms with Gasteiger partial charge in [0, 0.05) is 4.47 Å². The third-order valence-electron chi connectivity index (χ3n) is 1.55. The van der Waals surface area contributed by atoms with Crippen molar-refractivity contribution in [2.45, 2.75) is 0 Å². The number of aromatic nitrogens is 1. The van der Waals surface area contributed by atoms with Crippen molar-refractivity contribution in [2.24, 2.45) is 0 Å². The van der Waals surface area contributed by atoms with E-state index in [0.29, 0.717) is 10.7 Å². The molecule has 1 aromatic carbocycles. The molecule has 1 heterocycles. The van der Waals surface area contributed by atoms with Gasteiger partial charge < -0.3 is 5.73 Å². The average Bonchev–Trinajstić information content (AvgIpc) is 2.48. The number of halogens is 2. The van der Waals surface area contributed by atoms with Crippen LogP contribution in [0.3, 0.4) is 0 Å². The molecule has 0 saturated carbocycles. The maximum Gasteiger partial charge on any atom is 0.0975 e. The Bertz CT molecular complexity index is 440. The van der Waals surface area contributed by atoms with Gasteiger partial charge in [-0.15, -0.1) is 11.3 Å². The number of hydrogen-bond donors (Lipinski definition) is 1. The Morgan fingerprint density at radius 3 is 3.08 bits per heavy atom. The van der Waals surface area contributed by atoms with Gasteiger partial charge in [0.25, 0.3) is 0 Å². The predicted molar refractivity (Wildman–Crippen MR) is 56.7 cm³/mol. The van der Waals surface area contributed by atoms with Crippen molar-refractivity contribution in [1.82, 2.24) is 4.98 Å². The van der Waals surface area contributed by atoms with Gasteiger partial charge in [-0.1, -0.05) is 11.6 Å². The van der Waals surface area contributed by atoms with Crippen molar-refractivity contribution in [3.8, 4) is 0 Å². The second kappa shape index (κ2) is 2.87. The van der Waals surface area contributed by atoms with Gasteiger partial charge in [-0.25, -0.2) is 4.98 Å². The number of fused-ring (bicyclic) bond motifs is 1. The number of anilines is 1. The molecular weight excluding hydrogens is 260 g/mol. The number of nitrogens with two attached hydrogens (primary N) is 1.